The predicted octanol–water partition coefficient (Wildman–Crippen LogP) is 2.99. The maximum absolute atomic E-state index is 11.8. The second kappa shape index (κ2) is 3.70. The van der Waals surface area contributed by atoms with Gasteiger partial charge in [-0.1, -0.05) is 22.9 Å². The van der Waals surface area contributed by atoms with E-state index in [2.05, 4.69) is 25.9 Å². The van der Waals surface area contributed by atoms with Gasteiger partial charge in [-0.3, -0.25) is 4.79 Å². The van der Waals surface area contributed by atoms with Gasteiger partial charge in [-0.25, -0.2) is 4.98 Å². The molecule has 2 aromatic heterocycles. The Balaban J connectivity index is 2.54. The maximum atomic E-state index is 11.8. The van der Waals surface area contributed by atoms with Crippen molar-refractivity contribution >= 4 is 38.0 Å². The number of H-pyrrole nitrogens is 1. The second-order valence-electron chi connectivity index (χ2n) is 3.79. The first-order valence-corrected chi connectivity index (χ1v) is 6.09. The minimum absolute atomic E-state index is 0.223. The first kappa shape index (κ1) is 10.5. The molecule has 3 aromatic rings. The third-order valence-electron chi connectivity index (χ3n) is 2.67. The predicted molar refractivity (Wildman–Crippen MR) is 69.2 cm³/mol. The van der Waals surface area contributed by atoms with Gasteiger partial charge >= 0.3 is 0 Å². The van der Waals surface area contributed by atoms with E-state index < -0.39 is 0 Å². The van der Waals surface area contributed by atoms with Gasteiger partial charge in [0, 0.05) is 16.3 Å². The van der Waals surface area contributed by atoms with Crippen LogP contribution in [0.2, 0.25) is 0 Å². The van der Waals surface area contributed by atoms with Gasteiger partial charge in [0.1, 0.15) is 16.9 Å². The van der Waals surface area contributed by atoms with E-state index in [4.69, 9.17) is 4.42 Å². The topological polar surface area (TPSA) is 58.9 Å². The molecule has 0 spiro atoms. The number of aromatic nitrogens is 2. The Kier molecular flexibility index (Phi) is 2.29. The number of aromatic amines is 1. The zero-order valence-corrected chi connectivity index (χ0v) is 10.7. The summed E-state index contributed by atoms with van der Waals surface area (Å²) in [5, 5.41) is 0.857. The Morgan fingerprint density at radius 3 is 3.06 bits per heavy atom. The van der Waals surface area contributed by atoms with E-state index in [1.54, 1.807) is 0 Å². The van der Waals surface area contributed by atoms with Crippen LogP contribution in [0.4, 0.5) is 0 Å². The number of nitrogens with one attached hydrogen (secondary N) is 1. The van der Waals surface area contributed by atoms with Crippen molar-refractivity contribution in [2.75, 3.05) is 0 Å². The molecule has 0 amide bonds. The monoisotopic (exact) mass is 292 g/mol. The SMILES string of the molecule is CCc1nc2c(oc3ccc(Br)cc32)c(=O)[nH]1. The van der Waals surface area contributed by atoms with E-state index in [0.717, 1.165) is 9.86 Å². The normalized spacial score (nSPS) is 11.4. The standard InChI is InChI=1S/C12H9BrN2O2/c1-2-9-14-10-7-5-6(13)3-4-8(7)17-11(10)12(16)15-9/h3-5H,2H2,1H3,(H,14,15,16). The third-order valence-corrected chi connectivity index (χ3v) is 3.16. The molecule has 0 unspecified atom stereocenters. The van der Waals surface area contributed by atoms with Crippen LogP contribution in [0, 0.1) is 0 Å². The minimum Gasteiger partial charge on any atom is -0.449 e. The van der Waals surface area contributed by atoms with Crippen molar-refractivity contribution < 1.29 is 4.42 Å². The molecule has 0 aliphatic rings. The lowest BCUT2D eigenvalue weighted by Crippen LogP contribution is -2.09. The summed E-state index contributed by atoms with van der Waals surface area (Å²) in [6.45, 7) is 1.95. The summed E-state index contributed by atoms with van der Waals surface area (Å²) in [5.74, 6) is 0.671. The lowest BCUT2D eigenvalue weighted by molar-refractivity contribution is 0.659. The summed E-state index contributed by atoms with van der Waals surface area (Å²) in [4.78, 5) is 18.9. The average molecular weight is 293 g/mol. The summed E-state index contributed by atoms with van der Waals surface area (Å²) in [5.41, 5.74) is 1.37. The number of aryl methyl sites for hydroxylation is 1. The second-order valence-corrected chi connectivity index (χ2v) is 4.70. The summed E-state index contributed by atoms with van der Waals surface area (Å²) in [6.07, 6.45) is 0.686. The van der Waals surface area contributed by atoms with Gasteiger partial charge in [0.15, 0.2) is 0 Å². The van der Waals surface area contributed by atoms with Gasteiger partial charge in [-0.15, -0.1) is 0 Å². The fraction of sp³-hybridized carbons (Fsp3) is 0.167. The molecule has 1 aromatic carbocycles. The molecule has 0 aliphatic carbocycles. The van der Waals surface area contributed by atoms with E-state index in [-0.39, 0.29) is 11.1 Å². The van der Waals surface area contributed by atoms with Gasteiger partial charge in [0.25, 0.3) is 5.56 Å². The van der Waals surface area contributed by atoms with E-state index in [0.29, 0.717) is 23.3 Å². The van der Waals surface area contributed by atoms with Crippen molar-refractivity contribution in [3.05, 3.63) is 38.9 Å². The lowest BCUT2D eigenvalue weighted by atomic mass is 10.2. The number of fused-ring (bicyclic) bond motifs is 3. The fourth-order valence-corrected chi connectivity index (χ4v) is 2.20. The number of halogens is 1. The molecular weight excluding hydrogens is 284 g/mol. The molecule has 0 radical (unpaired) electrons. The van der Waals surface area contributed by atoms with Gasteiger partial charge in [-0.2, -0.15) is 0 Å². The summed E-state index contributed by atoms with van der Waals surface area (Å²) >= 11 is 3.40. The molecule has 0 aliphatic heterocycles. The minimum atomic E-state index is -0.223. The average Bonchev–Trinajstić information content (AvgIpc) is 2.68. The van der Waals surface area contributed by atoms with Crippen molar-refractivity contribution in [3.63, 3.8) is 0 Å². The van der Waals surface area contributed by atoms with Crippen LogP contribution in [0.15, 0.2) is 31.9 Å². The van der Waals surface area contributed by atoms with Gasteiger partial charge in [0.2, 0.25) is 5.58 Å². The van der Waals surface area contributed by atoms with Crippen LogP contribution in [0.3, 0.4) is 0 Å². The molecule has 0 fully saturated rings. The molecule has 2 heterocycles. The van der Waals surface area contributed by atoms with Crippen molar-refractivity contribution in [3.8, 4) is 0 Å². The molecule has 0 saturated heterocycles. The molecule has 5 heteroatoms. The number of furan rings is 1. The van der Waals surface area contributed by atoms with Crippen LogP contribution < -0.4 is 5.56 Å². The van der Waals surface area contributed by atoms with Crippen LogP contribution in [-0.2, 0) is 6.42 Å². The molecule has 3 rings (SSSR count). The van der Waals surface area contributed by atoms with Crippen LogP contribution in [0.5, 0.6) is 0 Å². The van der Waals surface area contributed by atoms with Crippen molar-refractivity contribution in [1.29, 1.82) is 0 Å². The highest BCUT2D eigenvalue weighted by molar-refractivity contribution is 9.10. The van der Waals surface area contributed by atoms with E-state index >= 15 is 0 Å². The highest BCUT2D eigenvalue weighted by atomic mass is 79.9. The molecule has 0 saturated carbocycles. The van der Waals surface area contributed by atoms with E-state index in [1.807, 2.05) is 25.1 Å². The van der Waals surface area contributed by atoms with Gasteiger partial charge in [-0.05, 0) is 18.2 Å². The quantitative estimate of drug-likeness (QED) is 0.750. The fourth-order valence-electron chi connectivity index (χ4n) is 1.84. The van der Waals surface area contributed by atoms with Gasteiger partial charge in [0.05, 0.1) is 0 Å². The van der Waals surface area contributed by atoms with Crippen molar-refractivity contribution in [2.24, 2.45) is 0 Å². The molecule has 0 atom stereocenters. The first-order chi connectivity index (χ1) is 8.19. The molecule has 1 N–H and O–H groups in total. The smallest absolute Gasteiger partial charge is 0.294 e. The number of hydrogen-bond acceptors (Lipinski definition) is 3. The van der Waals surface area contributed by atoms with Crippen LogP contribution in [-0.4, -0.2) is 9.97 Å². The lowest BCUT2D eigenvalue weighted by Gasteiger charge is -1.95. The Morgan fingerprint density at radius 1 is 1.47 bits per heavy atom. The Morgan fingerprint density at radius 2 is 2.29 bits per heavy atom. The van der Waals surface area contributed by atoms with Crippen molar-refractivity contribution in [2.45, 2.75) is 13.3 Å². The Bertz CT molecular complexity index is 773. The van der Waals surface area contributed by atoms with Crippen LogP contribution in [0.25, 0.3) is 22.1 Å². The molecule has 0 bridgehead atoms. The van der Waals surface area contributed by atoms with Crippen molar-refractivity contribution in [1.82, 2.24) is 9.97 Å². The van der Waals surface area contributed by atoms with E-state index in [1.165, 1.54) is 0 Å². The Hall–Kier alpha value is -1.62. The number of nitrogens with zero attached hydrogens (tertiary/aromatic N) is 1. The molecular formula is C12H9BrN2O2. The zero-order chi connectivity index (χ0) is 12.0. The highest BCUT2D eigenvalue weighted by Crippen LogP contribution is 2.27. The van der Waals surface area contributed by atoms with Crippen LogP contribution >= 0.6 is 15.9 Å². The number of benzene rings is 1. The van der Waals surface area contributed by atoms with Gasteiger partial charge < -0.3 is 9.40 Å². The highest BCUT2D eigenvalue weighted by Gasteiger charge is 2.12. The summed E-state index contributed by atoms with van der Waals surface area (Å²) in [7, 11) is 0. The third kappa shape index (κ3) is 1.58. The summed E-state index contributed by atoms with van der Waals surface area (Å²) in [6, 6.07) is 5.61. The zero-order valence-electron chi connectivity index (χ0n) is 9.08. The maximum Gasteiger partial charge on any atom is 0.294 e. The van der Waals surface area contributed by atoms with Crippen LogP contribution in [0.1, 0.15) is 12.7 Å². The largest absolute Gasteiger partial charge is 0.449 e. The number of hydrogen-bond donors (Lipinski definition) is 1. The molecule has 86 valence electrons. The molecule has 4 nitrogen and oxygen atoms in total. The molecule has 17 heavy (non-hydrogen) atoms. The summed E-state index contributed by atoms with van der Waals surface area (Å²) < 4.78 is 6.45. The first-order valence-electron chi connectivity index (χ1n) is 5.30. The Labute approximate surface area is 105 Å². The van der Waals surface area contributed by atoms with E-state index in [9.17, 15) is 4.79 Å². The number of rotatable bonds is 1.